The maximum absolute atomic E-state index is 5.99. The highest BCUT2D eigenvalue weighted by molar-refractivity contribution is 6.28. The number of aromatic amines is 1. The number of halogens is 1. The molecule has 0 bridgehead atoms. The van der Waals surface area contributed by atoms with Crippen molar-refractivity contribution < 1.29 is 0 Å². The molecule has 6 nitrogen and oxygen atoms in total. The van der Waals surface area contributed by atoms with Crippen LogP contribution >= 0.6 is 11.6 Å². The highest BCUT2D eigenvalue weighted by atomic mass is 35.5. The molecule has 1 saturated heterocycles. The van der Waals surface area contributed by atoms with Gasteiger partial charge in [0, 0.05) is 32.2 Å². The van der Waals surface area contributed by atoms with Gasteiger partial charge in [-0.15, -0.1) is 0 Å². The summed E-state index contributed by atoms with van der Waals surface area (Å²) in [5, 5.41) is 0.254. The predicted molar refractivity (Wildman–Crippen MR) is 80.2 cm³/mol. The second kappa shape index (κ2) is 5.54. The van der Waals surface area contributed by atoms with E-state index in [0.29, 0.717) is 11.7 Å². The predicted octanol–water partition coefficient (Wildman–Crippen LogP) is 1.93. The van der Waals surface area contributed by atoms with Gasteiger partial charge in [0.15, 0.2) is 11.5 Å². The molecule has 2 aromatic rings. The van der Waals surface area contributed by atoms with Gasteiger partial charge in [-0.05, 0) is 24.9 Å². The summed E-state index contributed by atoms with van der Waals surface area (Å²) in [7, 11) is 0. The van der Waals surface area contributed by atoms with Gasteiger partial charge in [0.1, 0.15) is 5.52 Å². The van der Waals surface area contributed by atoms with Gasteiger partial charge in [-0.2, -0.15) is 9.97 Å². The van der Waals surface area contributed by atoms with E-state index in [1.807, 2.05) is 0 Å². The van der Waals surface area contributed by atoms with Crippen LogP contribution in [0.1, 0.15) is 20.3 Å². The summed E-state index contributed by atoms with van der Waals surface area (Å²) in [5.74, 6) is 0.862. The van der Waals surface area contributed by atoms with Crippen molar-refractivity contribution in [2.45, 2.75) is 26.3 Å². The summed E-state index contributed by atoms with van der Waals surface area (Å²) in [6.45, 7) is 8.51. The van der Waals surface area contributed by atoms with Crippen molar-refractivity contribution in [1.82, 2.24) is 24.8 Å². The number of aromatic nitrogens is 4. The Morgan fingerprint density at radius 3 is 2.75 bits per heavy atom. The minimum atomic E-state index is 0.254. The molecule has 1 unspecified atom stereocenters. The average molecular weight is 295 g/mol. The van der Waals surface area contributed by atoms with Crippen LogP contribution in [0.15, 0.2) is 6.33 Å². The van der Waals surface area contributed by atoms with Crippen molar-refractivity contribution in [3.8, 4) is 0 Å². The van der Waals surface area contributed by atoms with Crippen molar-refractivity contribution in [1.29, 1.82) is 0 Å². The van der Waals surface area contributed by atoms with Crippen molar-refractivity contribution in [3.63, 3.8) is 0 Å². The lowest BCUT2D eigenvalue weighted by atomic mass is 10.2. The Morgan fingerprint density at radius 2 is 2.05 bits per heavy atom. The number of rotatable bonds is 3. The first kappa shape index (κ1) is 13.6. The third-order valence-electron chi connectivity index (χ3n) is 4.07. The van der Waals surface area contributed by atoms with E-state index in [0.717, 1.165) is 37.5 Å². The molecule has 1 aliphatic heterocycles. The zero-order valence-corrected chi connectivity index (χ0v) is 12.6. The third-order valence-corrected chi connectivity index (χ3v) is 4.24. The van der Waals surface area contributed by atoms with Crippen molar-refractivity contribution in [2.75, 3.05) is 31.1 Å². The number of fused-ring (bicyclic) bond motifs is 1. The minimum absolute atomic E-state index is 0.254. The fraction of sp³-hybridized carbons (Fsp3) is 0.615. The highest BCUT2D eigenvalue weighted by Gasteiger charge is 2.23. The first-order chi connectivity index (χ1) is 9.69. The number of hydrogen-bond donors (Lipinski definition) is 1. The number of imidazole rings is 1. The second-order valence-corrected chi connectivity index (χ2v) is 5.54. The number of H-pyrrole nitrogens is 1. The second-order valence-electron chi connectivity index (χ2n) is 5.20. The molecular weight excluding hydrogens is 276 g/mol. The van der Waals surface area contributed by atoms with Gasteiger partial charge in [-0.3, -0.25) is 4.90 Å². The van der Waals surface area contributed by atoms with Crippen molar-refractivity contribution in [3.05, 3.63) is 11.6 Å². The van der Waals surface area contributed by atoms with Gasteiger partial charge in [0.05, 0.1) is 6.33 Å². The van der Waals surface area contributed by atoms with Crippen LogP contribution in [-0.2, 0) is 0 Å². The molecule has 0 amide bonds. The van der Waals surface area contributed by atoms with E-state index in [1.165, 1.54) is 6.42 Å². The summed E-state index contributed by atoms with van der Waals surface area (Å²) >= 11 is 5.99. The Morgan fingerprint density at radius 1 is 1.30 bits per heavy atom. The molecule has 0 aromatic carbocycles. The Hall–Kier alpha value is -1.40. The molecule has 0 aliphatic carbocycles. The van der Waals surface area contributed by atoms with E-state index in [1.54, 1.807) is 6.33 Å². The normalized spacial score (nSPS) is 18.6. The number of piperazine rings is 1. The van der Waals surface area contributed by atoms with Crippen molar-refractivity contribution >= 4 is 28.6 Å². The molecule has 20 heavy (non-hydrogen) atoms. The lowest BCUT2D eigenvalue weighted by Gasteiger charge is -2.38. The van der Waals surface area contributed by atoms with E-state index >= 15 is 0 Å². The zero-order valence-electron chi connectivity index (χ0n) is 11.8. The Balaban J connectivity index is 1.81. The van der Waals surface area contributed by atoms with Gasteiger partial charge < -0.3 is 9.88 Å². The Bertz CT molecular complexity index is 590. The molecule has 0 radical (unpaired) electrons. The summed E-state index contributed by atoms with van der Waals surface area (Å²) in [4.78, 5) is 20.5. The molecule has 3 heterocycles. The lowest BCUT2D eigenvalue weighted by Crippen LogP contribution is -2.49. The van der Waals surface area contributed by atoms with Gasteiger partial charge >= 0.3 is 0 Å². The van der Waals surface area contributed by atoms with E-state index in [4.69, 9.17) is 11.6 Å². The number of nitrogens with zero attached hydrogens (tertiary/aromatic N) is 5. The standard InChI is InChI=1S/C13H19ClN6/c1-3-9(2)19-4-6-20(7-5-19)12-10-11(16-8-15-10)17-13(14)18-12/h8-9H,3-7H2,1-2H3,(H,15,16,17,18). The number of hydrogen-bond acceptors (Lipinski definition) is 5. The van der Waals surface area contributed by atoms with E-state index < -0.39 is 0 Å². The van der Waals surface area contributed by atoms with Crippen LogP contribution in [0, 0.1) is 0 Å². The fourth-order valence-electron chi connectivity index (χ4n) is 2.65. The topological polar surface area (TPSA) is 60.9 Å². The largest absolute Gasteiger partial charge is 0.352 e. The van der Waals surface area contributed by atoms with Crippen LogP contribution in [0.3, 0.4) is 0 Å². The molecule has 0 spiro atoms. The molecule has 1 aliphatic rings. The summed E-state index contributed by atoms with van der Waals surface area (Å²) in [5.41, 5.74) is 1.50. The van der Waals surface area contributed by atoms with Gasteiger partial charge in [0.25, 0.3) is 0 Å². The summed E-state index contributed by atoms with van der Waals surface area (Å²) < 4.78 is 0. The molecule has 1 N–H and O–H groups in total. The van der Waals surface area contributed by atoms with E-state index in [2.05, 4.69) is 43.6 Å². The summed E-state index contributed by atoms with van der Waals surface area (Å²) in [6.07, 6.45) is 2.82. The zero-order chi connectivity index (χ0) is 14.1. The van der Waals surface area contributed by atoms with Gasteiger partial charge in [-0.1, -0.05) is 6.92 Å². The molecule has 108 valence electrons. The Kier molecular flexibility index (Phi) is 3.76. The first-order valence-electron chi connectivity index (χ1n) is 7.04. The Labute approximate surface area is 123 Å². The molecule has 7 heteroatoms. The monoisotopic (exact) mass is 294 g/mol. The van der Waals surface area contributed by atoms with Gasteiger partial charge in [0.2, 0.25) is 5.28 Å². The smallest absolute Gasteiger partial charge is 0.226 e. The van der Waals surface area contributed by atoms with E-state index in [-0.39, 0.29) is 5.28 Å². The molecule has 0 saturated carbocycles. The van der Waals surface area contributed by atoms with E-state index in [9.17, 15) is 0 Å². The van der Waals surface area contributed by atoms with Crippen LogP contribution in [0.4, 0.5) is 5.82 Å². The average Bonchev–Trinajstić information content (AvgIpc) is 2.94. The molecule has 3 rings (SSSR count). The van der Waals surface area contributed by atoms with Crippen LogP contribution < -0.4 is 4.90 Å². The molecule has 1 fully saturated rings. The third kappa shape index (κ3) is 2.45. The number of nitrogens with one attached hydrogen (secondary N) is 1. The maximum atomic E-state index is 5.99. The highest BCUT2D eigenvalue weighted by Crippen LogP contribution is 2.24. The molecule has 2 aromatic heterocycles. The number of anilines is 1. The van der Waals surface area contributed by atoms with Crippen LogP contribution in [0.25, 0.3) is 11.2 Å². The lowest BCUT2D eigenvalue weighted by molar-refractivity contribution is 0.192. The quantitative estimate of drug-likeness (QED) is 0.877. The molecule has 1 atom stereocenters. The fourth-order valence-corrected chi connectivity index (χ4v) is 2.81. The maximum Gasteiger partial charge on any atom is 0.226 e. The van der Waals surface area contributed by atoms with Crippen LogP contribution in [0.5, 0.6) is 0 Å². The summed E-state index contributed by atoms with van der Waals surface area (Å²) in [6, 6.07) is 0.637. The first-order valence-corrected chi connectivity index (χ1v) is 7.42. The van der Waals surface area contributed by atoms with Crippen molar-refractivity contribution in [2.24, 2.45) is 0 Å². The van der Waals surface area contributed by atoms with Gasteiger partial charge in [-0.25, -0.2) is 4.98 Å². The van der Waals surface area contributed by atoms with Crippen LogP contribution in [-0.4, -0.2) is 57.1 Å². The minimum Gasteiger partial charge on any atom is -0.352 e. The SMILES string of the molecule is CCC(C)N1CCN(c2nc(Cl)nc3nc[nH]c23)CC1. The molecular formula is C13H19ClN6. The van der Waals surface area contributed by atoms with Crippen LogP contribution in [0.2, 0.25) is 5.28 Å².